The van der Waals surface area contributed by atoms with Gasteiger partial charge in [0.25, 0.3) is 6.43 Å². The number of aliphatic hydroxyl groups excluding tert-OH is 1. The first-order chi connectivity index (χ1) is 5.22. The number of rotatable bonds is 3. The average molecular weight is 162 g/mol. The maximum atomic E-state index is 11.7. The highest BCUT2D eigenvalue weighted by Crippen LogP contribution is 2.00. The first-order valence-electron chi connectivity index (χ1n) is 3.12. The molecule has 0 saturated heterocycles. The number of hydrogen-bond donors (Lipinski definition) is 1. The Morgan fingerprint density at radius 3 is 2.82 bits per heavy atom. The van der Waals surface area contributed by atoms with Crippen LogP contribution < -0.4 is 0 Å². The number of alkyl halides is 2. The first kappa shape index (κ1) is 8.13. The van der Waals surface area contributed by atoms with Crippen molar-refractivity contribution in [3.8, 4) is 0 Å². The highest BCUT2D eigenvalue weighted by molar-refractivity contribution is 5.01. The van der Waals surface area contributed by atoms with Crippen LogP contribution in [0.3, 0.4) is 0 Å². The van der Waals surface area contributed by atoms with Gasteiger partial charge in [-0.1, -0.05) is 0 Å². The molecule has 0 unspecified atom stereocenters. The van der Waals surface area contributed by atoms with Gasteiger partial charge < -0.3 is 5.11 Å². The quantitative estimate of drug-likeness (QED) is 0.708. The van der Waals surface area contributed by atoms with Gasteiger partial charge in [-0.2, -0.15) is 5.10 Å². The fourth-order valence-corrected chi connectivity index (χ4v) is 0.729. The Bertz CT molecular complexity index is 224. The van der Waals surface area contributed by atoms with E-state index in [0.717, 1.165) is 4.68 Å². The number of aromatic nitrogens is 2. The van der Waals surface area contributed by atoms with Crippen LogP contribution in [-0.4, -0.2) is 21.3 Å². The molecule has 0 aliphatic carbocycles. The lowest BCUT2D eigenvalue weighted by Gasteiger charge is -1.97. The predicted molar refractivity (Wildman–Crippen MR) is 34.2 cm³/mol. The second-order valence-electron chi connectivity index (χ2n) is 2.12. The van der Waals surface area contributed by atoms with Crippen molar-refractivity contribution >= 4 is 0 Å². The maximum Gasteiger partial charge on any atom is 0.257 e. The summed E-state index contributed by atoms with van der Waals surface area (Å²) in [5.41, 5.74) is 0.547. The number of aliphatic hydroxyl groups is 1. The van der Waals surface area contributed by atoms with Crippen molar-refractivity contribution in [2.75, 3.05) is 0 Å². The molecule has 0 aliphatic heterocycles. The zero-order valence-electron chi connectivity index (χ0n) is 5.74. The van der Waals surface area contributed by atoms with Crippen molar-refractivity contribution in [2.45, 2.75) is 19.6 Å². The van der Waals surface area contributed by atoms with E-state index >= 15 is 0 Å². The van der Waals surface area contributed by atoms with E-state index in [1.54, 1.807) is 0 Å². The standard InChI is InChI=1S/C6H8F2N2O/c7-6(8)3-10-2-5(4-11)1-9-10/h1-2,6,11H,3-4H2. The number of halogens is 2. The third kappa shape index (κ3) is 2.27. The van der Waals surface area contributed by atoms with Crippen molar-refractivity contribution in [1.82, 2.24) is 9.78 Å². The smallest absolute Gasteiger partial charge is 0.257 e. The van der Waals surface area contributed by atoms with Gasteiger partial charge in [0.1, 0.15) is 6.54 Å². The van der Waals surface area contributed by atoms with Crippen molar-refractivity contribution in [2.24, 2.45) is 0 Å². The molecule has 1 rings (SSSR count). The van der Waals surface area contributed by atoms with Crippen molar-refractivity contribution < 1.29 is 13.9 Å². The fourth-order valence-electron chi connectivity index (χ4n) is 0.729. The molecule has 0 bridgehead atoms. The molecular formula is C6H8F2N2O. The minimum Gasteiger partial charge on any atom is -0.392 e. The Kier molecular flexibility index (Phi) is 2.53. The van der Waals surface area contributed by atoms with E-state index in [1.807, 2.05) is 0 Å². The molecular weight excluding hydrogens is 154 g/mol. The lowest BCUT2D eigenvalue weighted by molar-refractivity contribution is 0.121. The van der Waals surface area contributed by atoms with Gasteiger partial charge >= 0.3 is 0 Å². The molecule has 0 atom stereocenters. The molecule has 5 heteroatoms. The molecule has 0 aliphatic rings. The van der Waals surface area contributed by atoms with Crippen LogP contribution >= 0.6 is 0 Å². The average Bonchev–Trinajstić information content (AvgIpc) is 2.34. The summed E-state index contributed by atoms with van der Waals surface area (Å²) in [5.74, 6) is 0. The Morgan fingerprint density at radius 2 is 2.36 bits per heavy atom. The highest BCUT2D eigenvalue weighted by Gasteiger charge is 2.04. The molecule has 0 amide bonds. The molecule has 0 saturated carbocycles. The molecule has 62 valence electrons. The van der Waals surface area contributed by atoms with Gasteiger partial charge in [0.15, 0.2) is 0 Å². The molecule has 1 aromatic heterocycles. The molecule has 0 spiro atoms. The monoisotopic (exact) mass is 162 g/mol. The third-order valence-electron chi connectivity index (χ3n) is 1.19. The Morgan fingerprint density at radius 1 is 1.64 bits per heavy atom. The van der Waals surface area contributed by atoms with Crippen LogP contribution in [0.2, 0.25) is 0 Å². The van der Waals surface area contributed by atoms with Crippen LogP contribution in [0.1, 0.15) is 5.56 Å². The maximum absolute atomic E-state index is 11.7. The van der Waals surface area contributed by atoms with Gasteiger partial charge in [-0.05, 0) is 0 Å². The summed E-state index contributed by atoms with van der Waals surface area (Å²) in [6.45, 7) is -0.580. The summed E-state index contributed by atoms with van der Waals surface area (Å²) in [6, 6.07) is 0. The zero-order chi connectivity index (χ0) is 8.27. The molecule has 1 aromatic rings. The zero-order valence-corrected chi connectivity index (χ0v) is 5.74. The normalized spacial score (nSPS) is 10.9. The molecule has 0 radical (unpaired) electrons. The molecule has 1 N–H and O–H groups in total. The van der Waals surface area contributed by atoms with Crippen LogP contribution in [-0.2, 0) is 13.2 Å². The van der Waals surface area contributed by atoms with E-state index in [1.165, 1.54) is 12.4 Å². The Hall–Kier alpha value is -0.970. The lowest BCUT2D eigenvalue weighted by Crippen LogP contribution is -2.06. The van der Waals surface area contributed by atoms with Crippen LogP contribution in [0.15, 0.2) is 12.4 Å². The summed E-state index contributed by atoms with van der Waals surface area (Å²) < 4.78 is 24.5. The minimum atomic E-state index is -2.40. The van der Waals surface area contributed by atoms with Crippen LogP contribution in [0.25, 0.3) is 0 Å². The first-order valence-corrected chi connectivity index (χ1v) is 3.12. The molecule has 1 heterocycles. The van der Waals surface area contributed by atoms with Gasteiger partial charge in [0.05, 0.1) is 12.8 Å². The fraction of sp³-hybridized carbons (Fsp3) is 0.500. The Balaban J connectivity index is 2.58. The molecule has 0 fully saturated rings. The van der Waals surface area contributed by atoms with Crippen molar-refractivity contribution in [3.05, 3.63) is 18.0 Å². The van der Waals surface area contributed by atoms with E-state index in [9.17, 15) is 8.78 Å². The largest absolute Gasteiger partial charge is 0.392 e. The van der Waals surface area contributed by atoms with E-state index in [0.29, 0.717) is 5.56 Å². The summed E-state index contributed by atoms with van der Waals surface area (Å²) in [5, 5.41) is 12.1. The van der Waals surface area contributed by atoms with Crippen LogP contribution in [0, 0.1) is 0 Å². The van der Waals surface area contributed by atoms with Gasteiger partial charge in [0.2, 0.25) is 0 Å². The van der Waals surface area contributed by atoms with Gasteiger partial charge in [-0.25, -0.2) is 8.78 Å². The summed E-state index contributed by atoms with van der Waals surface area (Å²) in [4.78, 5) is 0. The van der Waals surface area contributed by atoms with Crippen LogP contribution in [0.5, 0.6) is 0 Å². The van der Waals surface area contributed by atoms with E-state index in [-0.39, 0.29) is 6.61 Å². The predicted octanol–water partition coefficient (Wildman–Crippen LogP) is 0.640. The van der Waals surface area contributed by atoms with Crippen molar-refractivity contribution in [1.29, 1.82) is 0 Å². The minimum absolute atomic E-state index is 0.163. The summed E-state index contributed by atoms with van der Waals surface area (Å²) in [6.07, 6.45) is 0.357. The Labute approximate surface area is 62.3 Å². The van der Waals surface area contributed by atoms with E-state index in [4.69, 9.17) is 5.11 Å². The topological polar surface area (TPSA) is 38.1 Å². The van der Waals surface area contributed by atoms with Crippen LogP contribution in [0.4, 0.5) is 8.78 Å². The summed E-state index contributed by atoms with van der Waals surface area (Å²) in [7, 11) is 0. The second kappa shape index (κ2) is 3.43. The van der Waals surface area contributed by atoms with Gasteiger partial charge in [0, 0.05) is 11.8 Å². The van der Waals surface area contributed by atoms with E-state index < -0.39 is 13.0 Å². The van der Waals surface area contributed by atoms with Gasteiger partial charge in [-0.3, -0.25) is 4.68 Å². The molecule has 3 nitrogen and oxygen atoms in total. The number of hydrogen-bond acceptors (Lipinski definition) is 2. The van der Waals surface area contributed by atoms with E-state index in [2.05, 4.69) is 5.10 Å². The molecule has 11 heavy (non-hydrogen) atoms. The van der Waals surface area contributed by atoms with Gasteiger partial charge in [-0.15, -0.1) is 0 Å². The SMILES string of the molecule is OCc1cnn(CC(F)F)c1. The lowest BCUT2D eigenvalue weighted by atomic mass is 10.4. The second-order valence-corrected chi connectivity index (χ2v) is 2.12. The third-order valence-corrected chi connectivity index (χ3v) is 1.19. The summed E-state index contributed by atoms with van der Waals surface area (Å²) >= 11 is 0. The van der Waals surface area contributed by atoms with Crippen molar-refractivity contribution in [3.63, 3.8) is 0 Å². The number of nitrogens with zero attached hydrogens (tertiary/aromatic N) is 2. The molecule has 0 aromatic carbocycles. The highest BCUT2D eigenvalue weighted by atomic mass is 19.3.